The molecule has 0 spiro atoms. The molecule has 6 rings (SSSR count). The van der Waals surface area contributed by atoms with E-state index in [1.165, 1.54) is 42.5 Å². The quantitative estimate of drug-likeness (QED) is 0.386. The van der Waals surface area contributed by atoms with E-state index < -0.39 is 0 Å². The van der Waals surface area contributed by atoms with Crippen molar-refractivity contribution in [2.45, 2.75) is 20.5 Å². The van der Waals surface area contributed by atoms with E-state index in [4.69, 9.17) is 0 Å². The first kappa shape index (κ1) is 14.3. The fourth-order valence-electron chi connectivity index (χ4n) is 3.85. The normalized spacial score (nSPS) is 21.1. The standard InChI is InChI=1S/C22H15NS2/c1-3-7-15-11-19-17(9-13(15)5-1)21-23-22(24-19)18-10-14-6-2-4-8-16(14)12-20(18)25-21/h1-12,21-23H/t21-,22-/m1/s1. The molecule has 3 heteroatoms. The topological polar surface area (TPSA) is 12.0 Å². The molecule has 2 aliphatic rings. The predicted molar refractivity (Wildman–Crippen MR) is 108 cm³/mol. The van der Waals surface area contributed by atoms with Crippen LogP contribution in [0, 0.1) is 0 Å². The van der Waals surface area contributed by atoms with Crippen LogP contribution >= 0.6 is 23.5 Å². The molecule has 0 saturated heterocycles. The molecule has 4 aromatic rings. The van der Waals surface area contributed by atoms with Gasteiger partial charge in [-0.25, -0.2) is 0 Å². The Morgan fingerprint density at radius 1 is 0.560 bits per heavy atom. The zero-order valence-corrected chi connectivity index (χ0v) is 15.0. The molecule has 1 N–H and O–H groups in total. The van der Waals surface area contributed by atoms with E-state index in [2.05, 4.69) is 78.1 Å². The average Bonchev–Trinajstić information content (AvgIpc) is 2.65. The van der Waals surface area contributed by atoms with Crippen LogP contribution in [-0.2, 0) is 0 Å². The van der Waals surface area contributed by atoms with Crippen molar-refractivity contribution in [2.75, 3.05) is 0 Å². The van der Waals surface area contributed by atoms with Crippen molar-refractivity contribution in [1.82, 2.24) is 5.32 Å². The molecule has 25 heavy (non-hydrogen) atoms. The fraction of sp³-hybridized carbons (Fsp3) is 0.0909. The third-order valence-corrected chi connectivity index (χ3v) is 7.58. The van der Waals surface area contributed by atoms with Crippen molar-refractivity contribution < 1.29 is 0 Å². The zero-order valence-electron chi connectivity index (χ0n) is 13.4. The van der Waals surface area contributed by atoms with Crippen LogP contribution in [0.4, 0.5) is 0 Å². The lowest BCUT2D eigenvalue weighted by Crippen LogP contribution is -2.30. The van der Waals surface area contributed by atoms with Gasteiger partial charge >= 0.3 is 0 Å². The molecule has 0 saturated carbocycles. The largest absolute Gasteiger partial charge is 0.285 e. The summed E-state index contributed by atoms with van der Waals surface area (Å²) in [7, 11) is 0. The van der Waals surface area contributed by atoms with Gasteiger partial charge in [0.15, 0.2) is 0 Å². The Morgan fingerprint density at radius 3 is 1.40 bits per heavy atom. The van der Waals surface area contributed by atoms with E-state index in [1.807, 2.05) is 23.5 Å². The van der Waals surface area contributed by atoms with Crippen molar-refractivity contribution in [1.29, 1.82) is 0 Å². The minimum Gasteiger partial charge on any atom is -0.285 e. The Bertz CT molecular complexity index is 1060. The van der Waals surface area contributed by atoms with Gasteiger partial charge in [-0.2, -0.15) is 0 Å². The van der Waals surface area contributed by atoms with Crippen LogP contribution in [0.5, 0.6) is 0 Å². The van der Waals surface area contributed by atoms with Gasteiger partial charge in [0.1, 0.15) is 0 Å². The van der Waals surface area contributed by atoms with Gasteiger partial charge in [0, 0.05) is 9.79 Å². The fourth-order valence-corrected chi connectivity index (χ4v) is 6.67. The van der Waals surface area contributed by atoms with Crippen molar-refractivity contribution in [3.8, 4) is 0 Å². The lowest BCUT2D eigenvalue weighted by Gasteiger charge is -2.38. The predicted octanol–water partition coefficient (Wildman–Crippen LogP) is 6.49. The number of hydrogen-bond acceptors (Lipinski definition) is 3. The average molecular weight is 358 g/mol. The van der Waals surface area contributed by atoms with E-state index in [1.54, 1.807) is 0 Å². The highest BCUT2D eigenvalue weighted by Gasteiger charge is 2.34. The van der Waals surface area contributed by atoms with Gasteiger partial charge in [-0.15, -0.1) is 23.5 Å². The van der Waals surface area contributed by atoms with E-state index in [9.17, 15) is 0 Å². The number of rotatable bonds is 0. The number of benzene rings is 4. The van der Waals surface area contributed by atoms with Gasteiger partial charge in [0.25, 0.3) is 0 Å². The Labute approximate surface area is 154 Å². The number of fused-ring (bicyclic) bond motifs is 8. The van der Waals surface area contributed by atoms with Crippen molar-refractivity contribution >= 4 is 45.1 Å². The third kappa shape index (κ3) is 2.16. The molecule has 0 fully saturated rings. The molecule has 2 atom stereocenters. The lowest BCUT2D eigenvalue weighted by atomic mass is 10.0. The third-order valence-electron chi connectivity index (χ3n) is 5.11. The van der Waals surface area contributed by atoms with E-state index in [-0.39, 0.29) is 0 Å². The summed E-state index contributed by atoms with van der Waals surface area (Å²) in [6.45, 7) is 0. The minimum atomic E-state index is 0.333. The molecule has 2 aliphatic heterocycles. The Kier molecular flexibility index (Phi) is 3.01. The van der Waals surface area contributed by atoms with Crippen molar-refractivity contribution in [3.05, 3.63) is 83.9 Å². The lowest BCUT2D eigenvalue weighted by molar-refractivity contribution is 0.621. The maximum Gasteiger partial charge on any atom is 0.0858 e. The smallest absolute Gasteiger partial charge is 0.0858 e. The van der Waals surface area contributed by atoms with Crippen LogP contribution in [-0.4, -0.2) is 0 Å². The molecular formula is C22H15NS2. The van der Waals surface area contributed by atoms with Crippen molar-refractivity contribution in [2.24, 2.45) is 0 Å². The van der Waals surface area contributed by atoms with Gasteiger partial charge in [0.2, 0.25) is 0 Å². The SMILES string of the molecule is c1ccc2cc3c(cc2c1)S[C@H]1N[C@@H]3Sc2cc3ccccc3cc21. The van der Waals surface area contributed by atoms with E-state index in [0.29, 0.717) is 10.7 Å². The molecule has 0 aromatic heterocycles. The molecule has 0 unspecified atom stereocenters. The molecule has 2 heterocycles. The first-order chi connectivity index (χ1) is 12.3. The first-order valence-electron chi connectivity index (χ1n) is 8.50. The summed E-state index contributed by atoms with van der Waals surface area (Å²) in [5.74, 6) is 0. The summed E-state index contributed by atoms with van der Waals surface area (Å²) in [6, 6.07) is 26.8. The second-order valence-corrected chi connectivity index (χ2v) is 8.93. The summed E-state index contributed by atoms with van der Waals surface area (Å²) in [4.78, 5) is 2.83. The molecular weight excluding hydrogens is 342 g/mol. The molecule has 0 aliphatic carbocycles. The van der Waals surface area contributed by atoms with Crippen LogP contribution in [0.3, 0.4) is 0 Å². The highest BCUT2D eigenvalue weighted by Crippen LogP contribution is 2.55. The summed E-state index contributed by atoms with van der Waals surface area (Å²) < 4.78 is 0. The molecule has 4 aromatic carbocycles. The minimum absolute atomic E-state index is 0.333. The Hall–Kier alpha value is -1.94. The van der Waals surface area contributed by atoms with Crippen LogP contribution in [0.1, 0.15) is 21.9 Å². The Balaban J connectivity index is 1.54. The second kappa shape index (κ2) is 5.28. The van der Waals surface area contributed by atoms with Crippen LogP contribution in [0.2, 0.25) is 0 Å². The summed E-state index contributed by atoms with van der Waals surface area (Å²) in [5.41, 5.74) is 2.84. The van der Waals surface area contributed by atoms with Gasteiger partial charge in [-0.3, -0.25) is 5.32 Å². The van der Waals surface area contributed by atoms with E-state index in [0.717, 1.165) is 0 Å². The van der Waals surface area contributed by atoms with Gasteiger partial charge in [0.05, 0.1) is 10.7 Å². The van der Waals surface area contributed by atoms with Crippen LogP contribution < -0.4 is 5.32 Å². The maximum atomic E-state index is 3.82. The molecule has 1 nitrogen and oxygen atoms in total. The zero-order chi connectivity index (χ0) is 16.4. The van der Waals surface area contributed by atoms with Gasteiger partial charge in [-0.1, -0.05) is 48.5 Å². The van der Waals surface area contributed by atoms with Crippen molar-refractivity contribution in [3.63, 3.8) is 0 Å². The monoisotopic (exact) mass is 357 g/mol. The number of hydrogen-bond donors (Lipinski definition) is 1. The molecule has 0 amide bonds. The Morgan fingerprint density at radius 2 is 0.960 bits per heavy atom. The second-order valence-electron chi connectivity index (χ2n) is 6.64. The molecule has 2 bridgehead atoms. The number of nitrogens with one attached hydrogen (secondary N) is 1. The molecule has 120 valence electrons. The summed E-state index contributed by atoms with van der Waals surface area (Å²) in [5, 5.41) is 9.80. The first-order valence-corrected chi connectivity index (χ1v) is 10.3. The van der Waals surface area contributed by atoms with Crippen LogP contribution in [0.15, 0.2) is 82.6 Å². The van der Waals surface area contributed by atoms with E-state index >= 15 is 0 Å². The summed E-state index contributed by atoms with van der Waals surface area (Å²) in [6.07, 6.45) is 0. The number of thioether (sulfide) groups is 2. The van der Waals surface area contributed by atoms with Gasteiger partial charge < -0.3 is 0 Å². The molecule has 0 radical (unpaired) electrons. The summed E-state index contributed by atoms with van der Waals surface area (Å²) >= 11 is 3.91. The van der Waals surface area contributed by atoms with Crippen LogP contribution in [0.25, 0.3) is 21.5 Å². The highest BCUT2D eigenvalue weighted by atomic mass is 32.2. The highest BCUT2D eigenvalue weighted by molar-refractivity contribution is 8.01. The van der Waals surface area contributed by atoms with Gasteiger partial charge in [-0.05, 0) is 56.9 Å². The maximum absolute atomic E-state index is 3.82.